The van der Waals surface area contributed by atoms with Crippen LogP contribution in [0.5, 0.6) is 5.88 Å². The van der Waals surface area contributed by atoms with Crippen molar-refractivity contribution in [1.82, 2.24) is 10.3 Å². The van der Waals surface area contributed by atoms with Crippen molar-refractivity contribution >= 4 is 29.1 Å². The SMILES string of the molecule is CC(=O)N[C@@H](C)COC1CC(COc2nccc(NC(=O)c3ccccc3)c2Cl)C1. The van der Waals surface area contributed by atoms with Gasteiger partial charge in [-0.2, -0.15) is 0 Å². The lowest BCUT2D eigenvalue weighted by atomic mass is 9.83. The molecule has 0 saturated heterocycles. The van der Waals surface area contributed by atoms with Crippen LogP contribution in [-0.2, 0) is 9.53 Å². The Morgan fingerprint density at radius 3 is 2.67 bits per heavy atom. The summed E-state index contributed by atoms with van der Waals surface area (Å²) < 4.78 is 11.6. The minimum atomic E-state index is -0.248. The zero-order valence-corrected chi connectivity index (χ0v) is 17.8. The number of pyridine rings is 1. The van der Waals surface area contributed by atoms with Crippen molar-refractivity contribution in [2.75, 3.05) is 18.5 Å². The number of carbonyl (C=O) groups excluding carboxylic acids is 2. The molecule has 1 atom stereocenters. The van der Waals surface area contributed by atoms with E-state index in [0.717, 1.165) is 12.8 Å². The van der Waals surface area contributed by atoms with Crippen LogP contribution in [0, 0.1) is 5.92 Å². The first-order valence-electron chi connectivity index (χ1n) is 9.94. The molecule has 1 aromatic heterocycles. The van der Waals surface area contributed by atoms with Crippen LogP contribution in [0.3, 0.4) is 0 Å². The van der Waals surface area contributed by atoms with Crippen LogP contribution in [-0.4, -0.2) is 42.2 Å². The van der Waals surface area contributed by atoms with E-state index in [1.54, 1.807) is 36.5 Å². The van der Waals surface area contributed by atoms with Gasteiger partial charge in [0.25, 0.3) is 5.91 Å². The van der Waals surface area contributed by atoms with Crippen LogP contribution in [0.4, 0.5) is 5.69 Å². The van der Waals surface area contributed by atoms with Crippen molar-refractivity contribution in [3.05, 3.63) is 53.2 Å². The van der Waals surface area contributed by atoms with Gasteiger partial charge in [0.15, 0.2) is 0 Å². The maximum Gasteiger partial charge on any atom is 0.255 e. The highest BCUT2D eigenvalue weighted by Gasteiger charge is 2.31. The molecule has 1 aliphatic carbocycles. The third-order valence-electron chi connectivity index (χ3n) is 4.82. The number of carbonyl (C=O) groups is 2. The fourth-order valence-electron chi connectivity index (χ4n) is 3.22. The highest BCUT2D eigenvalue weighted by molar-refractivity contribution is 6.35. The lowest BCUT2D eigenvalue weighted by molar-refractivity contribution is -0.120. The number of ether oxygens (including phenoxy) is 2. The number of halogens is 1. The van der Waals surface area contributed by atoms with Crippen molar-refractivity contribution in [2.24, 2.45) is 5.92 Å². The second-order valence-corrected chi connectivity index (χ2v) is 7.88. The van der Waals surface area contributed by atoms with E-state index in [1.807, 2.05) is 13.0 Å². The van der Waals surface area contributed by atoms with E-state index in [0.29, 0.717) is 36.3 Å². The maximum atomic E-state index is 12.3. The molecule has 1 aliphatic rings. The zero-order chi connectivity index (χ0) is 21.5. The first-order chi connectivity index (χ1) is 14.4. The summed E-state index contributed by atoms with van der Waals surface area (Å²) in [6, 6.07) is 10.5. The Balaban J connectivity index is 1.44. The highest BCUT2D eigenvalue weighted by Crippen LogP contribution is 2.34. The van der Waals surface area contributed by atoms with Crippen molar-refractivity contribution in [2.45, 2.75) is 38.8 Å². The minimum Gasteiger partial charge on any atom is -0.476 e. The molecular weight excluding hydrogens is 406 g/mol. The number of amides is 2. The van der Waals surface area contributed by atoms with Crippen LogP contribution < -0.4 is 15.4 Å². The molecule has 7 nitrogen and oxygen atoms in total. The molecule has 0 spiro atoms. The third kappa shape index (κ3) is 6.18. The minimum absolute atomic E-state index is 0.00496. The number of benzene rings is 1. The van der Waals surface area contributed by atoms with Gasteiger partial charge in [-0.3, -0.25) is 9.59 Å². The van der Waals surface area contributed by atoms with Gasteiger partial charge in [-0.05, 0) is 43.9 Å². The van der Waals surface area contributed by atoms with E-state index < -0.39 is 0 Å². The summed E-state index contributed by atoms with van der Waals surface area (Å²) in [5.41, 5.74) is 0.999. The van der Waals surface area contributed by atoms with E-state index in [2.05, 4.69) is 15.6 Å². The monoisotopic (exact) mass is 431 g/mol. The molecule has 0 aliphatic heterocycles. The standard InChI is InChI=1S/C22H26ClN3O4/c1-14(25-15(2)27)12-29-18-10-16(11-18)13-30-22-20(23)19(8-9-24-22)26-21(28)17-6-4-3-5-7-17/h3-9,14,16,18H,10-13H2,1-2H3,(H,25,27)(H,24,26,28)/t14-,16?,18?/m0/s1. The lowest BCUT2D eigenvalue weighted by Gasteiger charge is -2.35. The van der Waals surface area contributed by atoms with Gasteiger partial charge < -0.3 is 20.1 Å². The smallest absolute Gasteiger partial charge is 0.255 e. The van der Waals surface area contributed by atoms with Crippen LogP contribution in [0.2, 0.25) is 5.02 Å². The van der Waals surface area contributed by atoms with Crippen molar-refractivity contribution < 1.29 is 19.1 Å². The maximum absolute atomic E-state index is 12.3. The summed E-state index contributed by atoms with van der Waals surface area (Å²) in [6.45, 7) is 4.38. The Morgan fingerprint density at radius 2 is 1.97 bits per heavy atom. The van der Waals surface area contributed by atoms with Gasteiger partial charge >= 0.3 is 0 Å². The van der Waals surface area contributed by atoms with E-state index >= 15 is 0 Å². The Kier molecular flexibility index (Phi) is 7.65. The number of rotatable bonds is 9. The van der Waals surface area contributed by atoms with E-state index in [9.17, 15) is 9.59 Å². The summed E-state index contributed by atoms with van der Waals surface area (Å²) >= 11 is 6.38. The number of aromatic nitrogens is 1. The predicted octanol–water partition coefficient (Wildman–Crippen LogP) is 3.69. The van der Waals surface area contributed by atoms with Crippen molar-refractivity contribution in [3.8, 4) is 5.88 Å². The summed E-state index contributed by atoms with van der Waals surface area (Å²) in [5, 5.41) is 5.86. The van der Waals surface area contributed by atoms with Gasteiger partial charge in [0.1, 0.15) is 5.02 Å². The molecule has 3 rings (SSSR count). The molecule has 1 aromatic carbocycles. The molecule has 1 fully saturated rings. The van der Waals surface area contributed by atoms with Gasteiger partial charge in [0.2, 0.25) is 11.8 Å². The van der Waals surface area contributed by atoms with Crippen LogP contribution in [0.25, 0.3) is 0 Å². The Morgan fingerprint density at radius 1 is 1.23 bits per heavy atom. The Labute approximate surface area is 181 Å². The quantitative estimate of drug-likeness (QED) is 0.632. The van der Waals surface area contributed by atoms with Gasteiger partial charge in [-0.15, -0.1) is 0 Å². The van der Waals surface area contributed by atoms with Gasteiger partial charge in [-0.1, -0.05) is 29.8 Å². The molecule has 0 radical (unpaired) electrons. The molecule has 30 heavy (non-hydrogen) atoms. The molecular formula is C22H26ClN3O4. The molecule has 0 bridgehead atoms. The zero-order valence-electron chi connectivity index (χ0n) is 17.1. The molecule has 2 amide bonds. The topological polar surface area (TPSA) is 89.6 Å². The van der Waals surface area contributed by atoms with Crippen LogP contribution in [0.1, 0.15) is 37.0 Å². The first kappa shape index (κ1) is 22.1. The number of hydrogen-bond donors (Lipinski definition) is 2. The Bertz CT molecular complexity index is 872. The molecule has 1 heterocycles. The normalized spacial score (nSPS) is 18.8. The van der Waals surface area contributed by atoms with Gasteiger partial charge in [0.05, 0.1) is 25.0 Å². The fraction of sp³-hybridized carbons (Fsp3) is 0.409. The molecule has 0 unspecified atom stereocenters. The van der Waals surface area contributed by atoms with Gasteiger partial charge in [0, 0.05) is 24.7 Å². The fourth-order valence-corrected chi connectivity index (χ4v) is 3.43. The van der Waals surface area contributed by atoms with E-state index in [4.69, 9.17) is 21.1 Å². The summed E-state index contributed by atoms with van der Waals surface area (Å²) in [6.07, 6.45) is 3.50. The molecule has 160 valence electrons. The van der Waals surface area contributed by atoms with E-state index in [1.165, 1.54) is 6.92 Å². The molecule has 2 N–H and O–H groups in total. The summed E-state index contributed by atoms with van der Waals surface area (Å²) in [4.78, 5) is 27.5. The molecule has 1 saturated carbocycles. The largest absolute Gasteiger partial charge is 0.476 e. The number of anilines is 1. The number of hydrogen-bond acceptors (Lipinski definition) is 5. The first-order valence-corrected chi connectivity index (χ1v) is 10.3. The van der Waals surface area contributed by atoms with E-state index in [-0.39, 0.29) is 29.0 Å². The number of nitrogens with one attached hydrogen (secondary N) is 2. The average Bonchev–Trinajstić information content (AvgIpc) is 2.69. The predicted molar refractivity (Wildman–Crippen MR) is 115 cm³/mol. The second kappa shape index (κ2) is 10.4. The molecule has 8 heteroatoms. The van der Waals surface area contributed by atoms with Crippen molar-refractivity contribution in [1.29, 1.82) is 0 Å². The molecule has 2 aromatic rings. The van der Waals surface area contributed by atoms with Crippen LogP contribution >= 0.6 is 11.6 Å². The second-order valence-electron chi connectivity index (χ2n) is 7.50. The summed E-state index contributed by atoms with van der Waals surface area (Å²) in [7, 11) is 0. The third-order valence-corrected chi connectivity index (χ3v) is 5.19. The van der Waals surface area contributed by atoms with Crippen molar-refractivity contribution in [3.63, 3.8) is 0 Å². The Hall–Kier alpha value is -2.64. The highest BCUT2D eigenvalue weighted by atomic mass is 35.5. The van der Waals surface area contributed by atoms with Crippen LogP contribution in [0.15, 0.2) is 42.6 Å². The number of nitrogens with zero attached hydrogens (tertiary/aromatic N) is 1. The average molecular weight is 432 g/mol. The lowest BCUT2D eigenvalue weighted by Crippen LogP contribution is -2.40. The van der Waals surface area contributed by atoms with Gasteiger partial charge in [-0.25, -0.2) is 4.98 Å². The summed E-state index contributed by atoms with van der Waals surface area (Å²) in [5.74, 6) is 0.345.